The van der Waals surface area contributed by atoms with Gasteiger partial charge in [0, 0.05) is 16.5 Å². The second kappa shape index (κ2) is 14.3. The molecule has 4 rings (SSSR count). The van der Waals surface area contributed by atoms with E-state index in [-0.39, 0.29) is 96.9 Å². The van der Waals surface area contributed by atoms with Crippen molar-refractivity contribution in [2.75, 3.05) is 0 Å². The summed E-state index contributed by atoms with van der Waals surface area (Å²) in [5.41, 5.74) is -1.31. The third-order valence-corrected chi connectivity index (χ3v) is 6.51. The molecule has 4 aromatic rings. The molecule has 0 saturated carbocycles. The summed E-state index contributed by atoms with van der Waals surface area (Å²) < 4.78 is 69.3. The molecule has 0 unspecified atom stereocenters. The summed E-state index contributed by atoms with van der Waals surface area (Å²) >= 11 is 0. The van der Waals surface area contributed by atoms with Crippen LogP contribution in [0.4, 0.5) is 11.4 Å². The van der Waals surface area contributed by atoms with Crippen LogP contribution >= 0.6 is 0 Å². The van der Waals surface area contributed by atoms with Gasteiger partial charge in [-0.1, -0.05) is 43.0 Å². The van der Waals surface area contributed by atoms with Gasteiger partial charge in [-0.3, -0.25) is 4.79 Å². The van der Waals surface area contributed by atoms with Crippen molar-refractivity contribution in [3.8, 4) is 11.4 Å². The van der Waals surface area contributed by atoms with E-state index in [1.54, 1.807) is 0 Å². The molecular weight excluding hydrogens is 611 g/mol. The molecule has 39 heavy (non-hydrogen) atoms. The summed E-state index contributed by atoms with van der Waals surface area (Å²) in [6.45, 7) is 1.42. The predicted molar refractivity (Wildman–Crippen MR) is 124 cm³/mol. The monoisotopic (exact) mass is 629 g/mol. The van der Waals surface area contributed by atoms with E-state index >= 15 is 0 Å². The first-order chi connectivity index (χ1) is 15.9. The van der Waals surface area contributed by atoms with Crippen LogP contribution < -0.4 is 45.3 Å². The zero-order chi connectivity index (χ0) is 24.8. The van der Waals surface area contributed by atoms with Crippen LogP contribution in [0.3, 0.4) is 0 Å². The number of azo groups is 1. The van der Waals surface area contributed by atoms with Crippen molar-refractivity contribution >= 4 is 42.4 Å². The molecule has 19 heteroatoms. The Kier molecular flexibility index (Phi) is 14.2. The standard InChI is InChI=1S/C20H16N4O8S2.Cr.Na.3H2O/c1-11-18(20(26)24(23-11)12-5-4-6-13(9-12)33(27,28)29)21-22-19-15-8-3-2-7-14(15)17(10-16(19)25)34(30,31)32;;;;;/h2-10H,1H3,(H4,21,22,23,25,26,27,28,29,30,31,32);;;3*1H2/q;+3;+1;;;/p-4. The molecule has 0 amide bonds. The average Bonchev–Trinajstić information content (AvgIpc) is 3.05. The minimum absolute atomic E-state index is 0. The van der Waals surface area contributed by atoms with Gasteiger partial charge in [-0.25, -0.2) is 16.8 Å². The minimum Gasteiger partial charge on any atom is -0.871 e. The Labute approximate surface area is 254 Å². The van der Waals surface area contributed by atoms with E-state index in [4.69, 9.17) is 0 Å². The number of hydrogen-bond donors (Lipinski definition) is 0. The van der Waals surface area contributed by atoms with Gasteiger partial charge in [0.2, 0.25) is 0 Å². The molecule has 15 nitrogen and oxygen atoms in total. The molecule has 0 atom stereocenters. The second-order valence-corrected chi connectivity index (χ2v) is 9.75. The molecule has 0 aliphatic heterocycles. The number of benzene rings is 3. The fourth-order valence-corrected chi connectivity index (χ4v) is 4.48. The van der Waals surface area contributed by atoms with Crippen LogP contribution in [0.25, 0.3) is 16.5 Å². The van der Waals surface area contributed by atoms with Crippen LogP contribution in [-0.2, 0) is 37.6 Å². The number of aromatic nitrogens is 2. The zero-order valence-electron chi connectivity index (χ0n) is 20.0. The number of fused-ring (bicyclic) bond motifs is 1. The molecule has 0 saturated heterocycles. The predicted octanol–water partition coefficient (Wildman–Crippen LogP) is -3.92. The smallest absolute Gasteiger partial charge is 0.871 e. The van der Waals surface area contributed by atoms with E-state index in [0.29, 0.717) is 6.07 Å². The van der Waals surface area contributed by atoms with E-state index in [1.165, 1.54) is 43.3 Å². The van der Waals surface area contributed by atoms with E-state index in [0.717, 1.165) is 16.8 Å². The SMILES string of the molecule is Cc1[n-]n(-c2cccc(S(=O)(=O)[O-])c2)c(=O)c1N=Nc1c([O-])cc(S(=O)(=O)[O-])c2ccccc12.O.O.O.[Cr+3].[Na+]. The Morgan fingerprint density at radius 3 is 1.95 bits per heavy atom. The molecule has 1 heterocycles. The summed E-state index contributed by atoms with van der Waals surface area (Å²) in [6, 6.07) is 11.0. The summed E-state index contributed by atoms with van der Waals surface area (Å²) in [7, 11) is -9.71. The summed E-state index contributed by atoms with van der Waals surface area (Å²) in [4.78, 5) is 11.6. The van der Waals surface area contributed by atoms with Crippen molar-refractivity contribution in [2.24, 2.45) is 10.2 Å². The number of nitrogens with zero attached hydrogens (tertiary/aromatic N) is 4. The van der Waals surface area contributed by atoms with Crippen molar-refractivity contribution in [1.82, 2.24) is 9.78 Å². The van der Waals surface area contributed by atoms with E-state index in [9.17, 15) is 35.8 Å². The maximum absolute atomic E-state index is 12.8. The Bertz CT molecular complexity index is 1770. The molecule has 0 fully saturated rings. The molecule has 0 aliphatic carbocycles. The normalized spacial score (nSPS) is 10.9. The van der Waals surface area contributed by atoms with Crippen molar-refractivity contribution in [2.45, 2.75) is 16.7 Å². The maximum atomic E-state index is 12.8. The van der Waals surface area contributed by atoms with Crippen molar-refractivity contribution in [3.63, 3.8) is 0 Å². The molecule has 6 N–H and O–H groups in total. The summed E-state index contributed by atoms with van der Waals surface area (Å²) in [6.07, 6.45) is 0. The molecule has 0 bridgehead atoms. The van der Waals surface area contributed by atoms with Gasteiger partial charge < -0.3 is 40.4 Å². The molecule has 3 aromatic carbocycles. The van der Waals surface area contributed by atoms with Gasteiger partial charge in [0.15, 0.2) is 0 Å². The van der Waals surface area contributed by atoms with E-state index < -0.39 is 41.3 Å². The van der Waals surface area contributed by atoms with Gasteiger partial charge in [0.1, 0.15) is 25.9 Å². The largest absolute Gasteiger partial charge is 3.00 e. The number of hydrogen-bond acceptors (Lipinski definition) is 10. The number of rotatable bonds is 5. The fourth-order valence-electron chi connectivity index (χ4n) is 3.27. The summed E-state index contributed by atoms with van der Waals surface area (Å²) in [5.74, 6) is -0.900. The van der Waals surface area contributed by atoms with Crippen LogP contribution in [0.2, 0.25) is 0 Å². The molecular formula is C20H18CrN4NaO11S2. The van der Waals surface area contributed by atoms with Crippen molar-refractivity contribution in [3.05, 3.63) is 70.6 Å². The molecule has 0 aliphatic rings. The minimum atomic E-state index is -4.94. The van der Waals surface area contributed by atoms with Gasteiger partial charge >= 0.3 is 46.9 Å². The Morgan fingerprint density at radius 1 is 0.821 bits per heavy atom. The van der Waals surface area contributed by atoms with Crippen LogP contribution in [0.1, 0.15) is 5.69 Å². The molecule has 0 spiro atoms. The topological polar surface area (TPSA) is 293 Å². The van der Waals surface area contributed by atoms with Gasteiger partial charge in [-0.2, -0.15) is 5.11 Å². The van der Waals surface area contributed by atoms with Crippen LogP contribution in [0, 0.1) is 6.92 Å². The van der Waals surface area contributed by atoms with Crippen LogP contribution in [0.5, 0.6) is 5.75 Å². The molecule has 1 aromatic heterocycles. The Hall–Kier alpha value is -2.44. The van der Waals surface area contributed by atoms with Crippen LogP contribution in [0.15, 0.2) is 79.4 Å². The van der Waals surface area contributed by atoms with E-state index in [1.807, 2.05) is 0 Å². The Balaban J connectivity index is 0. The first-order valence-corrected chi connectivity index (χ1v) is 12.1. The van der Waals surface area contributed by atoms with Gasteiger partial charge in [0.25, 0.3) is 5.56 Å². The van der Waals surface area contributed by atoms with Gasteiger partial charge in [-0.05, 0) is 24.3 Å². The fraction of sp³-hybridized carbons (Fsp3) is 0.0500. The Morgan fingerprint density at radius 2 is 1.38 bits per heavy atom. The van der Waals surface area contributed by atoms with Gasteiger partial charge in [-0.15, -0.1) is 10.8 Å². The second-order valence-electron chi connectivity index (χ2n) is 7.02. The molecule has 1 radical (unpaired) electrons. The maximum Gasteiger partial charge on any atom is 3.00 e. The third-order valence-electron chi connectivity index (χ3n) is 4.80. The van der Waals surface area contributed by atoms with Crippen LogP contribution in [-0.4, -0.2) is 47.1 Å². The first kappa shape index (κ1) is 38.7. The quantitative estimate of drug-likeness (QED) is 0.118. The van der Waals surface area contributed by atoms with Crippen molar-refractivity contribution < 1.29 is 94.4 Å². The third kappa shape index (κ3) is 7.82. The first-order valence-electron chi connectivity index (χ1n) is 9.31. The zero-order valence-corrected chi connectivity index (χ0v) is 24.9. The van der Waals surface area contributed by atoms with E-state index in [2.05, 4.69) is 15.3 Å². The van der Waals surface area contributed by atoms with Gasteiger partial charge in [0.05, 0.1) is 15.5 Å². The average molecular weight is 630 g/mol. The van der Waals surface area contributed by atoms with Crippen molar-refractivity contribution in [1.29, 1.82) is 0 Å². The summed E-state index contributed by atoms with van der Waals surface area (Å²) in [5, 5.41) is 24.2. The number of aryl methyl sites for hydroxylation is 1. The molecule has 203 valence electrons.